The van der Waals surface area contributed by atoms with E-state index in [0.29, 0.717) is 6.42 Å². The van der Waals surface area contributed by atoms with Gasteiger partial charge in [-0.15, -0.1) is 0 Å². The largest absolute Gasteiger partial charge is 0.326 e. The van der Waals surface area contributed by atoms with Gasteiger partial charge in [-0.25, -0.2) is 17.5 Å². The lowest BCUT2D eigenvalue weighted by molar-refractivity contribution is -0.115. The number of amides is 1. The molecule has 2 N–H and O–H groups in total. The Morgan fingerprint density at radius 1 is 1.14 bits per heavy atom. The van der Waals surface area contributed by atoms with Crippen LogP contribution in [0.2, 0.25) is 0 Å². The van der Waals surface area contributed by atoms with Crippen LogP contribution < -0.4 is 10.0 Å². The van der Waals surface area contributed by atoms with Crippen molar-refractivity contribution in [3.8, 4) is 0 Å². The number of benzene rings is 2. The molecule has 22 heavy (non-hydrogen) atoms. The summed E-state index contributed by atoms with van der Waals surface area (Å²) in [5, 5.41) is 2.71. The molecule has 0 aliphatic carbocycles. The quantitative estimate of drug-likeness (QED) is 0.902. The molecule has 5 nitrogen and oxygen atoms in total. The predicted octanol–water partition coefficient (Wildman–Crippen LogP) is 1.80. The molecule has 114 valence electrons. The van der Waals surface area contributed by atoms with Crippen LogP contribution in [0.5, 0.6) is 0 Å². The summed E-state index contributed by atoms with van der Waals surface area (Å²) in [7, 11) is -3.70. The van der Waals surface area contributed by atoms with E-state index in [1.807, 2.05) is 0 Å². The molecule has 1 aliphatic rings. The van der Waals surface area contributed by atoms with Crippen molar-refractivity contribution in [3.05, 3.63) is 59.4 Å². The maximum absolute atomic E-state index is 12.8. The number of sulfonamides is 1. The van der Waals surface area contributed by atoms with E-state index >= 15 is 0 Å². The molecule has 7 heteroatoms. The molecule has 2 aromatic rings. The molecule has 0 radical (unpaired) electrons. The molecule has 0 atom stereocenters. The van der Waals surface area contributed by atoms with Crippen molar-refractivity contribution in [1.82, 2.24) is 4.72 Å². The van der Waals surface area contributed by atoms with Crippen molar-refractivity contribution < 1.29 is 17.6 Å². The van der Waals surface area contributed by atoms with Gasteiger partial charge in [0, 0.05) is 12.2 Å². The van der Waals surface area contributed by atoms with E-state index in [-0.39, 0.29) is 17.3 Å². The van der Waals surface area contributed by atoms with E-state index in [2.05, 4.69) is 10.0 Å². The zero-order valence-electron chi connectivity index (χ0n) is 11.5. The Morgan fingerprint density at radius 2 is 1.86 bits per heavy atom. The molecule has 1 heterocycles. The van der Waals surface area contributed by atoms with Crippen LogP contribution >= 0.6 is 0 Å². The summed E-state index contributed by atoms with van der Waals surface area (Å²) in [4.78, 5) is 11.3. The molecule has 0 bridgehead atoms. The van der Waals surface area contributed by atoms with Gasteiger partial charge in [0.1, 0.15) is 5.82 Å². The summed E-state index contributed by atoms with van der Waals surface area (Å²) in [6, 6.07) is 9.91. The minimum absolute atomic E-state index is 0.00639. The minimum atomic E-state index is -3.70. The van der Waals surface area contributed by atoms with Crippen molar-refractivity contribution in [2.24, 2.45) is 0 Å². The van der Waals surface area contributed by atoms with Gasteiger partial charge in [0.25, 0.3) is 0 Å². The van der Waals surface area contributed by atoms with Crippen molar-refractivity contribution >= 4 is 21.6 Å². The molecular weight excluding hydrogens is 307 g/mol. The van der Waals surface area contributed by atoms with Gasteiger partial charge < -0.3 is 5.32 Å². The number of nitrogens with one attached hydrogen (secondary N) is 2. The Morgan fingerprint density at radius 3 is 2.59 bits per heavy atom. The van der Waals surface area contributed by atoms with Gasteiger partial charge in [-0.2, -0.15) is 0 Å². The highest BCUT2D eigenvalue weighted by Gasteiger charge is 2.18. The number of hydrogen-bond acceptors (Lipinski definition) is 3. The van der Waals surface area contributed by atoms with Crippen LogP contribution in [0.15, 0.2) is 47.4 Å². The molecule has 0 saturated heterocycles. The van der Waals surface area contributed by atoms with Crippen LogP contribution in [0.4, 0.5) is 10.1 Å². The van der Waals surface area contributed by atoms with Crippen LogP contribution in [-0.2, 0) is 27.8 Å². The van der Waals surface area contributed by atoms with Crippen LogP contribution in [-0.4, -0.2) is 14.3 Å². The van der Waals surface area contributed by atoms with Crippen molar-refractivity contribution in [2.75, 3.05) is 5.32 Å². The lowest BCUT2D eigenvalue weighted by Crippen LogP contribution is -2.23. The molecule has 3 rings (SSSR count). The highest BCUT2D eigenvalue weighted by molar-refractivity contribution is 7.89. The van der Waals surface area contributed by atoms with E-state index in [4.69, 9.17) is 0 Å². The minimum Gasteiger partial charge on any atom is -0.326 e. The Hall–Kier alpha value is -2.25. The lowest BCUT2D eigenvalue weighted by Gasteiger charge is -2.08. The number of carbonyl (C=O) groups is 1. The number of halogens is 1. The average molecular weight is 320 g/mol. The second kappa shape index (κ2) is 5.51. The SMILES string of the molecule is O=C1Cc2cc(CNS(=O)(=O)c3ccc(F)cc3)ccc2N1. The lowest BCUT2D eigenvalue weighted by atomic mass is 10.1. The van der Waals surface area contributed by atoms with Crippen molar-refractivity contribution in [1.29, 1.82) is 0 Å². The van der Waals surface area contributed by atoms with Crippen molar-refractivity contribution in [2.45, 2.75) is 17.9 Å². The first-order valence-electron chi connectivity index (χ1n) is 6.61. The normalized spacial score (nSPS) is 13.8. The first-order valence-corrected chi connectivity index (χ1v) is 8.09. The highest BCUT2D eigenvalue weighted by Crippen LogP contribution is 2.24. The van der Waals surface area contributed by atoms with E-state index < -0.39 is 15.8 Å². The van der Waals surface area contributed by atoms with Gasteiger partial charge in [0.15, 0.2) is 0 Å². The van der Waals surface area contributed by atoms with E-state index in [9.17, 15) is 17.6 Å². The third-order valence-corrected chi connectivity index (χ3v) is 4.80. The molecule has 0 unspecified atom stereocenters. The van der Waals surface area contributed by atoms with Crippen LogP contribution in [0, 0.1) is 5.82 Å². The second-order valence-corrected chi connectivity index (χ2v) is 6.76. The summed E-state index contributed by atoms with van der Waals surface area (Å²) in [5.41, 5.74) is 2.36. The first kappa shape index (κ1) is 14.7. The summed E-state index contributed by atoms with van der Waals surface area (Å²) in [5.74, 6) is -0.561. The fourth-order valence-corrected chi connectivity index (χ4v) is 3.29. The van der Waals surface area contributed by atoms with Crippen LogP contribution in [0.1, 0.15) is 11.1 Å². The van der Waals surface area contributed by atoms with E-state index in [0.717, 1.165) is 28.9 Å². The molecule has 0 spiro atoms. The number of anilines is 1. The first-order chi connectivity index (χ1) is 10.4. The fraction of sp³-hybridized carbons (Fsp3) is 0.133. The standard InChI is InChI=1S/C15H13FN2O3S/c16-12-2-4-13(5-3-12)22(20,21)17-9-10-1-6-14-11(7-10)8-15(19)18-14/h1-7,17H,8-9H2,(H,18,19). The Bertz CT molecular complexity index is 832. The maximum Gasteiger partial charge on any atom is 0.240 e. The summed E-state index contributed by atoms with van der Waals surface area (Å²) in [6.45, 7) is 0.0984. The molecule has 1 aliphatic heterocycles. The fourth-order valence-electron chi connectivity index (χ4n) is 2.27. The second-order valence-electron chi connectivity index (χ2n) is 4.99. The Kier molecular flexibility index (Phi) is 3.67. The number of fused-ring (bicyclic) bond motifs is 1. The van der Waals surface area contributed by atoms with Crippen LogP contribution in [0.3, 0.4) is 0 Å². The summed E-state index contributed by atoms with van der Waals surface area (Å²) in [6.07, 6.45) is 0.299. The Labute approximate surface area is 127 Å². The van der Waals surface area contributed by atoms with E-state index in [1.54, 1.807) is 18.2 Å². The van der Waals surface area contributed by atoms with Gasteiger partial charge in [0.05, 0.1) is 11.3 Å². The molecule has 2 aromatic carbocycles. The highest BCUT2D eigenvalue weighted by atomic mass is 32.2. The van der Waals surface area contributed by atoms with E-state index in [1.165, 1.54) is 12.1 Å². The number of hydrogen-bond donors (Lipinski definition) is 2. The van der Waals surface area contributed by atoms with Crippen LogP contribution in [0.25, 0.3) is 0 Å². The third-order valence-electron chi connectivity index (χ3n) is 3.39. The predicted molar refractivity (Wildman–Crippen MR) is 79.2 cm³/mol. The maximum atomic E-state index is 12.8. The molecule has 0 fully saturated rings. The average Bonchev–Trinajstić information content (AvgIpc) is 2.85. The van der Waals surface area contributed by atoms with Gasteiger partial charge >= 0.3 is 0 Å². The molecule has 0 aromatic heterocycles. The van der Waals surface area contributed by atoms with Gasteiger partial charge in [-0.1, -0.05) is 12.1 Å². The monoisotopic (exact) mass is 320 g/mol. The van der Waals surface area contributed by atoms with Crippen molar-refractivity contribution in [3.63, 3.8) is 0 Å². The van der Waals surface area contributed by atoms with Gasteiger partial charge in [0.2, 0.25) is 15.9 Å². The number of rotatable bonds is 4. The smallest absolute Gasteiger partial charge is 0.240 e. The molecule has 0 saturated carbocycles. The zero-order valence-corrected chi connectivity index (χ0v) is 12.3. The van der Waals surface area contributed by atoms with Gasteiger partial charge in [-0.3, -0.25) is 4.79 Å². The zero-order chi connectivity index (χ0) is 15.7. The van der Waals surface area contributed by atoms with Gasteiger partial charge in [-0.05, 0) is 41.5 Å². The Balaban J connectivity index is 1.74. The summed E-state index contributed by atoms with van der Waals surface area (Å²) >= 11 is 0. The number of carbonyl (C=O) groups excluding carboxylic acids is 1. The topological polar surface area (TPSA) is 75.3 Å². The molecular formula is C15H13FN2O3S. The third kappa shape index (κ3) is 3.00. The summed E-state index contributed by atoms with van der Waals surface area (Å²) < 4.78 is 39.5. The molecule has 1 amide bonds.